The van der Waals surface area contributed by atoms with Crippen LogP contribution in [-0.4, -0.2) is 49.3 Å². The molecule has 0 aliphatic carbocycles. The fourth-order valence-electron chi connectivity index (χ4n) is 3.54. The molecule has 1 heterocycles. The van der Waals surface area contributed by atoms with E-state index in [1.165, 1.54) is 50.9 Å². The van der Waals surface area contributed by atoms with Gasteiger partial charge in [0, 0.05) is 28.3 Å². The minimum Gasteiger partial charge on any atom is -0.507 e. The first-order valence-corrected chi connectivity index (χ1v) is 12.4. The number of rotatable bonds is 9. The highest BCUT2D eigenvalue weighted by Gasteiger charge is 2.17. The number of hydrogen-bond acceptors (Lipinski definition) is 10. The molecule has 11 heteroatoms. The Bertz CT molecular complexity index is 1510. The number of nitrogens with zero attached hydrogens (tertiary/aromatic N) is 1. The molecule has 0 atom stereocenters. The summed E-state index contributed by atoms with van der Waals surface area (Å²) in [6.07, 6.45) is 0. The molecule has 0 fully saturated rings. The number of benzene rings is 3. The van der Waals surface area contributed by atoms with Gasteiger partial charge in [-0.25, -0.2) is 14.6 Å². The van der Waals surface area contributed by atoms with Gasteiger partial charge in [0.15, 0.2) is 0 Å². The molecule has 200 valence electrons. The minimum absolute atomic E-state index is 0.128. The minimum atomic E-state index is -0.797. The summed E-state index contributed by atoms with van der Waals surface area (Å²) in [5.41, 5.74) is 2.02. The Kier molecular flexibility index (Phi) is 8.42. The molecule has 0 spiro atoms. The summed E-state index contributed by atoms with van der Waals surface area (Å²) in [4.78, 5) is 41.8. The molecule has 1 amide bonds. The summed E-state index contributed by atoms with van der Waals surface area (Å²) < 4.78 is 20.5. The first-order valence-electron chi connectivity index (χ1n) is 11.5. The molecule has 2 N–H and O–H groups in total. The number of amides is 1. The maximum absolute atomic E-state index is 12.8. The van der Waals surface area contributed by atoms with E-state index in [2.05, 4.69) is 10.3 Å². The van der Waals surface area contributed by atoms with E-state index in [1.807, 2.05) is 0 Å². The smallest absolute Gasteiger partial charge is 0.342 e. The van der Waals surface area contributed by atoms with E-state index >= 15 is 0 Å². The number of hydrogen-bond donors (Lipinski definition) is 2. The lowest BCUT2D eigenvalue weighted by Crippen LogP contribution is -2.13. The molecule has 0 unspecified atom stereocenters. The van der Waals surface area contributed by atoms with Crippen molar-refractivity contribution in [3.8, 4) is 27.8 Å². The van der Waals surface area contributed by atoms with Gasteiger partial charge in [-0.1, -0.05) is 12.1 Å². The van der Waals surface area contributed by atoms with Crippen molar-refractivity contribution >= 4 is 34.9 Å². The van der Waals surface area contributed by atoms with Gasteiger partial charge in [0.25, 0.3) is 5.91 Å². The number of methoxy groups -OCH3 is 3. The van der Waals surface area contributed by atoms with Crippen LogP contribution in [0.1, 0.15) is 36.8 Å². The first kappa shape index (κ1) is 27.1. The average Bonchev–Trinajstić information content (AvgIpc) is 3.45. The maximum atomic E-state index is 12.8. The number of thiazole rings is 1. The van der Waals surface area contributed by atoms with Crippen LogP contribution in [0.4, 0.5) is 5.69 Å². The molecule has 0 aliphatic rings. The molecule has 4 aromatic rings. The molecule has 0 saturated carbocycles. The highest BCUT2D eigenvalue weighted by atomic mass is 32.1. The predicted octanol–water partition coefficient (Wildman–Crippen LogP) is 4.93. The van der Waals surface area contributed by atoms with E-state index in [0.29, 0.717) is 27.8 Å². The van der Waals surface area contributed by atoms with Gasteiger partial charge >= 0.3 is 11.9 Å². The van der Waals surface area contributed by atoms with Crippen LogP contribution in [0.2, 0.25) is 0 Å². The second-order valence-electron chi connectivity index (χ2n) is 8.08. The van der Waals surface area contributed by atoms with Gasteiger partial charge < -0.3 is 29.4 Å². The van der Waals surface area contributed by atoms with E-state index in [9.17, 15) is 19.5 Å². The van der Waals surface area contributed by atoms with Gasteiger partial charge in [-0.15, -0.1) is 11.3 Å². The fraction of sp³-hybridized carbons (Fsp3) is 0.143. The number of phenols is 1. The summed E-state index contributed by atoms with van der Waals surface area (Å²) in [5.74, 6) is -1.15. The van der Waals surface area contributed by atoms with Crippen LogP contribution in [0, 0.1) is 0 Å². The number of phenolic OH excluding ortho intramolecular Hbond substituents is 1. The number of aromatic nitrogens is 1. The van der Waals surface area contributed by atoms with Crippen molar-refractivity contribution in [1.82, 2.24) is 4.98 Å². The van der Waals surface area contributed by atoms with Crippen molar-refractivity contribution in [2.24, 2.45) is 0 Å². The number of ether oxygens (including phenoxy) is 4. The second-order valence-corrected chi connectivity index (χ2v) is 8.94. The lowest BCUT2D eigenvalue weighted by atomic mass is 10.1. The van der Waals surface area contributed by atoms with Crippen molar-refractivity contribution in [2.45, 2.75) is 6.61 Å². The third-order valence-corrected chi connectivity index (χ3v) is 6.46. The van der Waals surface area contributed by atoms with Crippen molar-refractivity contribution in [3.05, 3.63) is 88.4 Å². The van der Waals surface area contributed by atoms with Crippen LogP contribution in [0.15, 0.2) is 66.0 Å². The van der Waals surface area contributed by atoms with Crippen molar-refractivity contribution in [3.63, 3.8) is 0 Å². The molecule has 0 saturated heterocycles. The highest BCUT2D eigenvalue weighted by molar-refractivity contribution is 7.13. The number of carbonyl (C=O) groups is 3. The van der Waals surface area contributed by atoms with Gasteiger partial charge in [0.1, 0.15) is 34.4 Å². The molecule has 0 radical (unpaired) electrons. The topological polar surface area (TPSA) is 133 Å². The number of esters is 2. The Labute approximate surface area is 227 Å². The largest absolute Gasteiger partial charge is 0.507 e. The van der Waals surface area contributed by atoms with Crippen LogP contribution in [0.3, 0.4) is 0 Å². The molecule has 3 aromatic carbocycles. The van der Waals surface area contributed by atoms with E-state index in [-0.39, 0.29) is 29.2 Å². The molecule has 39 heavy (non-hydrogen) atoms. The second kappa shape index (κ2) is 12.1. The summed E-state index contributed by atoms with van der Waals surface area (Å²) in [5, 5.41) is 15.3. The van der Waals surface area contributed by atoms with Crippen LogP contribution in [0.25, 0.3) is 10.6 Å². The summed E-state index contributed by atoms with van der Waals surface area (Å²) >= 11 is 1.32. The molecule has 4 rings (SSSR count). The first-order chi connectivity index (χ1) is 18.8. The Morgan fingerprint density at radius 1 is 0.897 bits per heavy atom. The number of carbonyl (C=O) groups excluding carboxylic acids is 3. The molecule has 0 aliphatic heterocycles. The molecular formula is C28H24N2O8S. The summed E-state index contributed by atoms with van der Waals surface area (Å²) in [7, 11) is 4.26. The van der Waals surface area contributed by atoms with Gasteiger partial charge in [0.05, 0.1) is 32.6 Å². The molecule has 0 bridgehead atoms. The van der Waals surface area contributed by atoms with Crippen LogP contribution < -0.4 is 14.8 Å². The van der Waals surface area contributed by atoms with Gasteiger partial charge in [-0.05, 0) is 42.5 Å². The summed E-state index contributed by atoms with van der Waals surface area (Å²) in [6, 6.07) is 15.6. The zero-order valence-electron chi connectivity index (χ0n) is 21.2. The predicted molar refractivity (Wildman–Crippen MR) is 144 cm³/mol. The van der Waals surface area contributed by atoms with Gasteiger partial charge in [0.2, 0.25) is 0 Å². The number of nitrogens with one attached hydrogen (secondary N) is 1. The molecule has 1 aromatic heterocycles. The van der Waals surface area contributed by atoms with Gasteiger partial charge in [-0.2, -0.15) is 0 Å². The summed E-state index contributed by atoms with van der Waals surface area (Å²) in [6.45, 7) is -0.147. The Hall–Kier alpha value is -4.90. The zero-order chi connectivity index (χ0) is 27.9. The Morgan fingerprint density at radius 2 is 1.64 bits per heavy atom. The van der Waals surface area contributed by atoms with Crippen LogP contribution >= 0.6 is 11.3 Å². The SMILES string of the molecule is COC(=O)c1cccc(-c2nc(COC(=O)c3cc(NC(=O)c4cc(OC)cc(OC)c4)ccc3O)cs2)c1. The highest BCUT2D eigenvalue weighted by Crippen LogP contribution is 2.27. The van der Waals surface area contributed by atoms with E-state index in [4.69, 9.17) is 18.9 Å². The monoisotopic (exact) mass is 548 g/mol. The van der Waals surface area contributed by atoms with Gasteiger partial charge in [-0.3, -0.25) is 4.79 Å². The Balaban J connectivity index is 1.43. The maximum Gasteiger partial charge on any atom is 0.342 e. The molecule has 10 nitrogen and oxygen atoms in total. The third kappa shape index (κ3) is 6.51. The third-order valence-electron chi connectivity index (χ3n) is 5.52. The number of aromatic hydroxyl groups is 1. The Morgan fingerprint density at radius 3 is 2.33 bits per heavy atom. The zero-order valence-corrected chi connectivity index (χ0v) is 22.0. The van der Waals surface area contributed by atoms with E-state index in [1.54, 1.807) is 47.8 Å². The van der Waals surface area contributed by atoms with E-state index < -0.39 is 17.8 Å². The molecular weight excluding hydrogens is 524 g/mol. The van der Waals surface area contributed by atoms with Crippen molar-refractivity contribution in [2.75, 3.05) is 26.6 Å². The van der Waals surface area contributed by atoms with Crippen LogP contribution in [-0.2, 0) is 16.1 Å². The lowest BCUT2D eigenvalue weighted by molar-refractivity contribution is 0.0464. The normalized spacial score (nSPS) is 10.4. The number of anilines is 1. The quantitative estimate of drug-likeness (QED) is 0.221. The fourth-order valence-corrected chi connectivity index (χ4v) is 4.34. The standard InChI is InChI=1S/C28H24N2O8S/c1-35-21-10-18(11-22(13-21)36-2)25(32)29-19-7-8-24(31)23(12-19)28(34)38-14-20-15-39-26(30-20)16-5-4-6-17(9-16)27(33)37-3/h4-13,15,31H,14H2,1-3H3,(H,29,32). The van der Waals surface area contributed by atoms with Crippen molar-refractivity contribution in [1.29, 1.82) is 0 Å². The lowest BCUT2D eigenvalue weighted by Gasteiger charge is -2.11. The van der Waals surface area contributed by atoms with E-state index in [0.717, 1.165) is 5.56 Å². The van der Waals surface area contributed by atoms with Crippen molar-refractivity contribution < 1.29 is 38.4 Å². The average molecular weight is 549 g/mol. The van der Waals surface area contributed by atoms with Crippen LogP contribution in [0.5, 0.6) is 17.2 Å².